The molecule has 0 aromatic heterocycles. The van der Waals surface area contributed by atoms with E-state index in [9.17, 15) is 10.2 Å². The van der Waals surface area contributed by atoms with Gasteiger partial charge >= 0.3 is 0 Å². The quantitative estimate of drug-likeness (QED) is 0.0826. The molecule has 0 bridgehead atoms. The van der Waals surface area contributed by atoms with Gasteiger partial charge in [-0.3, -0.25) is 24.2 Å². The number of hydrogen-bond donors (Lipinski definition) is 4. The molecule has 4 aromatic rings. The molecular formula is C55H68F2N4O7. The Balaban J connectivity index is 1.39. The molecule has 0 amide bonds. The minimum absolute atomic E-state index is 0.00997. The molecule has 8 rings (SSSR count). The topological polar surface area (TPSA) is 141 Å². The fourth-order valence-corrected chi connectivity index (χ4v) is 12.8. The van der Waals surface area contributed by atoms with Gasteiger partial charge < -0.3 is 30.3 Å². The molecule has 68 heavy (non-hydrogen) atoms. The lowest BCUT2D eigenvalue weighted by atomic mass is 9.54. The Morgan fingerprint density at radius 1 is 0.647 bits per heavy atom. The number of ketones is 3. The fourth-order valence-electron chi connectivity index (χ4n) is 12.8. The van der Waals surface area contributed by atoms with Gasteiger partial charge in [0, 0.05) is 76.5 Å². The summed E-state index contributed by atoms with van der Waals surface area (Å²) in [7, 11) is 3.25. The number of methoxy groups -OCH3 is 2. The minimum atomic E-state index is -1.27. The molecule has 0 radical (unpaired) electrons. The molecule has 4 heterocycles. The molecular weight excluding hydrogens is 867 g/mol. The first-order valence-corrected chi connectivity index (χ1v) is 24.5. The van der Waals surface area contributed by atoms with Crippen LogP contribution in [0, 0.1) is 49.2 Å². The van der Waals surface area contributed by atoms with Crippen molar-refractivity contribution in [2.75, 3.05) is 79.8 Å². The number of Topliss-reactive ketones (excluding diaryl/α,β-unsaturated/α-hetero) is 3. The van der Waals surface area contributed by atoms with Gasteiger partial charge in [-0.05, 0) is 148 Å². The highest BCUT2D eigenvalue weighted by atomic mass is 19.1. The van der Waals surface area contributed by atoms with E-state index in [-0.39, 0.29) is 79.8 Å². The van der Waals surface area contributed by atoms with E-state index in [1.165, 1.54) is 36.4 Å². The Kier molecular flexibility index (Phi) is 15.6. The first-order valence-electron chi connectivity index (χ1n) is 24.5. The van der Waals surface area contributed by atoms with Gasteiger partial charge in [-0.2, -0.15) is 0 Å². The molecule has 8 atom stereocenters. The summed E-state index contributed by atoms with van der Waals surface area (Å²) in [5, 5.41) is 28.5. The fraction of sp³-hybridized carbons (Fsp3) is 0.509. The molecule has 4 aliphatic heterocycles. The third-order valence-electron chi connectivity index (χ3n) is 16.2. The van der Waals surface area contributed by atoms with Crippen LogP contribution in [0.5, 0.6) is 11.5 Å². The van der Waals surface area contributed by atoms with Crippen LogP contribution in [0.2, 0.25) is 0 Å². The summed E-state index contributed by atoms with van der Waals surface area (Å²) >= 11 is 0. The number of phenols is 2. The Labute approximate surface area is 399 Å². The normalized spacial score (nSPS) is 28.3. The number of nitrogens with one attached hydrogen (secondary N) is 2. The molecule has 4 aliphatic rings. The van der Waals surface area contributed by atoms with Gasteiger partial charge in [0.1, 0.15) is 23.1 Å². The van der Waals surface area contributed by atoms with Crippen LogP contribution >= 0.6 is 0 Å². The summed E-state index contributed by atoms with van der Waals surface area (Å²) < 4.78 is 43.6. The van der Waals surface area contributed by atoms with Gasteiger partial charge in [0.05, 0.1) is 24.3 Å². The van der Waals surface area contributed by atoms with Crippen molar-refractivity contribution in [2.24, 2.45) is 23.7 Å². The molecule has 0 aliphatic carbocycles. The Bertz CT molecular complexity index is 2280. The van der Waals surface area contributed by atoms with Crippen molar-refractivity contribution in [1.82, 2.24) is 20.4 Å². The van der Waals surface area contributed by atoms with Crippen LogP contribution in [0.3, 0.4) is 0 Å². The van der Waals surface area contributed by atoms with Crippen LogP contribution in [0.4, 0.5) is 8.78 Å². The maximum absolute atomic E-state index is 17.8. The molecule has 11 nitrogen and oxygen atoms in total. The zero-order valence-electron chi connectivity index (χ0n) is 39.9. The molecule has 0 saturated carbocycles. The smallest absolute Gasteiger partial charge is 0.173 e. The van der Waals surface area contributed by atoms with Crippen LogP contribution in [-0.2, 0) is 14.3 Å². The van der Waals surface area contributed by atoms with Crippen molar-refractivity contribution in [3.8, 4) is 11.5 Å². The lowest BCUT2D eigenvalue weighted by Crippen LogP contribution is -2.77. The number of likely N-dealkylation sites (tertiary alicyclic amines) is 2. The zero-order chi connectivity index (χ0) is 48.2. The molecule has 13 heteroatoms. The lowest BCUT2D eigenvalue weighted by Gasteiger charge is -2.63. The van der Waals surface area contributed by atoms with Gasteiger partial charge in [-0.15, -0.1) is 0 Å². The van der Waals surface area contributed by atoms with E-state index in [4.69, 9.17) is 9.47 Å². The average molecular weight is 935 g/mol. The van der Waals surface area contributed by atoms with E-state index < -0.39 is 46.4 Å². The predicted octanol–water partition coefficient (Wildman–Crippen LogP) is 7.61. The Morgan fingerprint density at radius 3 is 1.43 bits per heavy atom. The molecule has 0 spiro atoms. The van der Waals surface area contributed by atoms with Gasteiger partial charge in [0.2, 0.25) is 0 Å². The van der Waals surface area contributed by atoms with Gasteiger partial charge in [-0.1, -0.05) is 48.5 Å². The number of benzene rings is 4. The van der Waals surface area contributed by atoms with E-state index in [1.54, 1.807) is 64.5 Å². The molecule has 4 saturated heterocycles. The van der Waals surface area contributed by atoms with Gasteiger partial charge in [-0.25, -0.2) is 8.78 Å². The maximum Gasteiger partial charge on any atom is 0.173 e. The summed E-state index contributed by atoms with van der Waals surface area (Å²) in [5.41, 5.74) is 0.285. The monoisotopic (exact) mass is 935 g/mol. The third-order valence-corrected chi connectivity index (χ3v) is 16.2. The van der Waals surface area contributed by atoms with Crippen LogP contribution in [0.15, 0.2) is 84.9 Å². The van der Waals surface area contributed by atoms with E-state index in [2.05, 4.69) is 20.4 Å². The highest BCUT2D eigenvalue weighted by molar-refractivity contribution is 6.02. The lowest BCUT2D eigenvalue weighted by molar-refractivity contribution is -0.167. The average Bonchev–Trinajstić information content (AvgIpc) is 3.36. The van der Waals surface area contributed by atoms with Crippen LogP contribution in [0.25, 0.3) is 0 Å². The molecule has 4 aromatic carbocycles. The summed E-state index contributed by atoms with van der Waals surface area (Å²) in [4.78, 5) is 52.4. The number of halogens is 2. The second-order valence-electron chi connectivity index (χ2n) is 19.7. The number of carbonyl (C=O) groups is 3. The summed E-state index contributed by atoms with van der Waals surface area (Å²) in [5.74, 6) is -4.54. The number of piperidine rings is 4. The second-order valence-corrected chi connectivity index (χ2v) is 19.7. The molecule has 4 fully saturated rings. The summed E-state index contributed by atoms with van der Waals surface area (Å²) in [6.07, 6.45) is 3.43. The van der Waals surface area contributed by atoms with Crippen molar-refractivity contribution in [1.29, 1.82) is 0 Å². The summed E-state index contributed by atoms with van der Waals surface area (Å²) in [6, 6.07) is 22.6. The molecule has 364 valence electrons. The third kappa shape index (κ3) is 9.42. The van der Waals surface area contributed by atoms with Gasteiger partial charge in [0.25, 0.3) is 0 Å². The maximum atomic E-state index is 17.8. The van der Waals surface area contributed by atoms with E-state index in [0.717, 1.165) is 25.9 Å². The van der Waals surface area contributed by atoms with Gasteiger partial charge in [0.15, 0.2) is 17.3 Å². The SMILES string of the molecule is COCCN1C[C@H](C(=O)c2cccc(O)c2)[C@H](c2cccc(F)c2C)C[C@]1(C(=O)[C@]1(C2CCCNC2)C[C@@H](c2cccc(F)c2C)[C@@H](C(=O)c2cccc(O)c2)CN1CCOC)C1CCCNC1. The minimum Gasteiger partial charge on any atom is -0.508 e. The first-order chi connectivity index (χ1) is 32.8. The number of rotatable bonds is 16. The van der Waals surface area contributed by atoms with Crippen molar-refractivity contribution in [3.05, 3.63) is 130 Å². The number of phenolic OH excluding ortho intramolecular Hbond substituents is 2. The van der Waals surface area contributed by atoms with Crippen molar-refractivity contribution in [2.45, 2.75) is 75.3 Å². The second kappa shape index (κ2) is 21.4. The number of nitrogens with zero attached hydrogens (tertiary/aromatic N) is 2. The number of hydrogen-bond acceptors (Lipinski definition) is 11. The molecule has 2 unspecified atom stereocenters. The standard InChI is InChI=1S/C55H68F2N4O7/c1-35-43(17-7-19-49(35)56)45-29-54(39-13-9-21-58-31-39,60(23-25-67-3)33-47(45)51(64)37-11-5-15-41(62)27-37)53(66)55(40-14-10-22-59-32-40)30-46(44-18-8-20-50(57)36(44)2)48(34-61(55)24-26-68-4)52(65)38-12-6-16-42(63)28-38/h5-8,11-12,15-20,27-28,39-40,45-48,58-59,62-63H,9-10,13-14,21-26,29-34H2,1-4H3/t39?,40?,45-,46-,47-,48-,54+,55+/m0/s1. The number of carbonyl (C=O) groups excluding carboxylic acids is 3. The number of ether oxygens (including phenoxy) is 2. The number of aromatic hydroxyl groups is 2. The summed E-state index contributed by atoms with van der Waals surface area (Å²) in [6.45, 7) is 7.57. The van der Waals surface area contributed by atoms with Crippen molar-refractivity contribution in [3.63, 3.8) is 0 Å². The zero-order valence-corrected chi connectivity index (χ0v) is 39.9. The molecule has 4 N–H and O–H groups in total. The van der Waals surface area contributed by atoms with Crippen LogP contribution < -0.4 is 10.6 Å². The van der Waals surface area contributed by atoms with Crippen LogP contribution in [0.1, 0.15) is 93.3 Å². The first kappa shape index (κ1) is 49.5. The van der Waals surface area contributed by atoms with Crippen molar-refractivity contribution < 1.29 is 42.9 Å². The van der Waals surface area contributed by atoms with Crippen LogP contribution in [-0.4, -0.2) is 128 Å². The highest BCUT2D eigenvalue weighted by Gasteiger charge is 2.66. The van der Waals surface area contributed by atoms with Crippen molar-refractivity contribution >= 4 is 17.3 Å². The Morgan fingerprint density at radius 2 is 1.06 bits per heavy atom. The van der Waals surface area contributed by atoms with E-state index in [1.807, 2.05) is 12.1 Å². The highest BCUT2D eigenvalue weighted by Crippen LogP contribution is 2.56. The largest absolute Gasteiger partial charge is 0.508 e. The Hall–Kier alpha value is -4.89. The predicted molar refractivity (Wildman–Crippen MR) is 257 cm³/mol. The van der Waals surface area contributed by atoms with E-state index in [0.29, 0.717) is 72.4 Å². The van der Waals surface area contributed by atoms with E-state index >= 15 is 23.2 Å².